The van der Waals surface area contributed by atoms with Gasteiger partial charge in [-0.25, -0.2) is 4.79 Å². The van der Waals surface area contributed by atoms with Crippen LogP contribution in [0.15, 0.2) is 54.6 Å². The van der Waals surface area contributed by atoms with Gasteiger partial charge in [0.2, 0.25) is 0 Å². The van der Waals surface area contributed by atoms with Gasteiger partial charge in [-0.2, -0.15) is 0 Å². The fourth-order valence-electron chi connectivity index (χ4n) is 2.54. The van der Waals surface area contributed by atoms with Gasteiger partial charge in [-0.15, -0.1) is 11.8 Å². The number of rotatable bonds is 8. The van der Waals surface area contributed by atoms with E-state index in [9.17, 15) is 4.79 Å². The number of hydrogen-bond acceptors (Lipinski definition) is 4. The molecule has 0 unspecified atom stereocenters. The van der Waals surface area contributed by atoms with Crippen LogP contribution in [0.25, 0.3) is 0 Å². The Morgan fingerprint density at radius 2 is 1.79 bits per heavy atom. The molecule has 0 bridgehead atoms. The predicted octanol–water partition coefficient (Wildman–Crippen LogP) is 4.71. The first kappa shape index (κ1) is 16.9. The summed E-state index contributed by atoms with van der Waals surface area (Å²) in [5, 5.41) is 1.39. The summed E-state index contributed by atoms with van der Waals surface area (Å²) in [7, 11) is 0. The molecule has 0 radical (unpaired) electrons. The molecule has 1 fully saturated rings. The molecule has 1 heterocycles. The second-order valence-corrected chi connectivity index (χ2v) is 7.38. The molecule has 0 amide bonds. The Morgan fingerprint density at radius 1 is 1.04 bits per heavy atom. The summed E-state index contributed by atoms with van der Waals surface area (Å²) in [6, 6.07) is 16.9. The van der Waals surface area contributed by atoms with Gasteiger partial charge in [0.15, 0.2) is 0 Å². The van der Waals surface area contributed by atoms with E-state index in [1.807, 2.05) is 54.2 Å². The van der Waals surface area contributed by atoms with Crippen molar-refractivity contribution in [1.82, 2.24) is 0 Å². The van der Waals surface area contributed by atoms with E-state index in [1.54, 1.807) is 12.1 Å². The van der Waals surface area contributed by atoms with Gasteiger partial charge in [0.05, 0.1) is 10.8 Å². The fourth-order valence-corrected chi connectivity index (χ4v) is 3.63. The molecule has 0 N–H and O–H groups in total. The lowest BCUT2D eigenvalue weighted by Crippen LogP contribution is -2.08. The Kier molecular flexibility index (Phi) is 5.81. The number of ether oxygens (including phenoxy) is 2. The normalized spacial score (nSPS) is 18.9. The zero-order valence-corrected chi connectivity index (χ0v) is 14.6. The largest absolute Gasteiger partial charge is 0.492 e. The Morgan fingerprint density at radius 3 is 2.50 bits per heavy atom. The Labute approximate surface area is 147 Å². The third kappa shape index (κ3) is 4.78. The van der Waals surface area contributed by atoms with Gasteiger partial charge in [-0.1, -0.05) is 43.7 Å². The molecule has 2 atom stereocenters. The van der Waals surface area contributed by atoms with E-state index in [2.05, 4.69) is 6.92 Å². The number of carbonyl (C=O) groups is 1. The molecular formula is C20H22O3S. The maximum atomic E-state index is 12.1. The van der Waals surface area contributed by atoms with Crippen LogP contribution in [0.3, 0.4) is 0 Å². The maximum Gasteiger partial charge on any atom is 0.338 e. The number of carbonyl (C=O) groups excluding carboxylic acids is 1. The number of hydrogen-bond donors (Lipinski definition) is 0. The van der Waals surface area contributed by atoms with Crippen molar-refractivity contribution >= 4 is 17.7 Å². The minimum atomic E-state index is -0.314. The molecule has 1 aliphatic rings. The van der Waals surface area contributed by atoms with E-state index < -0.39 is 0 Å². The quantitative estimate of drug-likeness (QED) is 0.514. The monoisotopic (exact) mass is 342 g/mol. The lowest BCUT2D eigenvalue weighted by molar-refractivity contribution is 0.0472. The van der Waals surface area contributed by atoms with Crippen molar-refractivity contribution in [2.24, 2.45) is 0 Å². The van der Waals surface area contributed by atoms with Gasteiger partial charge in [-0.05, 0) is 36.2 Å². The van der Waals surface area contributed by atoms with Gasteiger partial charge < -0.3 is 9.47 Å². The van der Waals surface area contributed by atoms with Crippen molar-refractivity contribution < 1.29 is 14.3 Å². The maximum absolute atomic E-state index is 12.1. The molecule has 3 rings (SSSR count). The van der Waals surface area contributed by atoms with E-state index in [0.29, 0.717) is 10.8 Å². The summed E-state index contributed by atoms with van der Waals surface area (Å²) < 4.78 is 11.1. The molecule has 2 aromatic carbocycles. The standard InChI is InChI=1S/C20H22O3S/c1-2-6-18-19(24-18)14-22-17-11-9-16(10-12-17)20(21)23-13-15-7-4-3-5-8-15/h3-5,7-12,18-19H,2,6,13-14H2,1H3/t18-,19+/m0/s1. The number of thioether (sulfide) groups is 1. The lowest BCUT2D eigenvalue weighted by atomic mass is 10.2. The highest BCUT2D eigenvalue weighted by atomic mass is 32.2. The molecule has 0 aromatic heterocycles. The van der Waals surface area contributed by atoms with Crippen molar-refractivity contribution in [3.05, 3.63) is 65.7 Å². The van der Waals surface area contributed by atoms with Gasteiger partial charge in [0, 0.05) is 5.25 Å². The zero-order valence-electron chi connectivity index (χ0n) is 13.8. The van der Waals surface area contributed by atoms with Crippen LogP contribution in [0.2, 0.25) is 0 Å². The first-order valence-corrected chi connectivity index (χ1v) is 9.30. The van der Waals surface area contributed by atoms with E-state index in [4.69, 9.17) is 9.47 Å². The van der Waals surface area contributed by atoms with Crippen molar-refractivity contribution in [1.29, 1.82) is 0 Å². The average Bonchev–Trinajstić information content (AvgIpc) is 3.38. The molecule has 0 saturated carbocycles. The second-order valence-electron chi connectivity index (χ2n) is 5.90. The van der Waals surface area contributed by atoms with Crippen LogP contribution >= 0.6 is 11.8 Å². The highest BCUT2D eigenvalue weighted by molar-refractivity contribution is 8.07. The molecule has 24 heavy (non-hydrogen) atoms. The Bertz CT molecular complexity index is 654. The lowest BCUT2D eigenvalue weighted by Gasteiger charge is -2.07. The molecule has 1 saturated heterocycles. The highest BCUT2D eigenvalue weighted by Gasteiger charge is 2.37. The van der Waals surface area contributed by atoms with Gasteiger partial charge >= 0.3 is 5.97 Å². The summed E-state index contributed by atoms with van der Waals surface area (Å²) in [6.45, 7) is 3.25. The second kappa shape index (κ2) is 8.25. The third-order valence-corrected chi connectivity index (χ3v) is 5.39. The van der Waals surface area contributed by atoms with E-state index in [1.165, 1.54) is 12.8 Å². The van der Waals surface area contributed by atoms with E-state index >= 15 is 0 Å². The van der Waals surface area contributed by atoms with Crippen LogP contribution in [-0.4, -0.2) is 23.1 Å². The molecular weight excluding hydrogens is 320 g/mol. The minimum absolute atomic E-state index is 0.287. The van der Waals surface area contributed by atoms with Crippen LogP contribution in [0, 0.1) is 0 Å². The summed E-state index contributed by atoms with van der Waals surface area (Å²) in [5.41, 5.74) is 1.53. The van der Waals surface area contributed by atoms with Crippen LogP contribution < -0.4 is 4.74 Å². The summed E-state index contributed by atoms with van der Waals surface area (Å²) in [6.07, 6.45) is 2.50. The van der Waals surface area contributed by atoms with Crippen molar-refractivity contribution in [2.75, 3.05) is 6.61 Å². The predicted molar refractivity (Wildman–Crippen MR) is 97.6 cm³/mol. The molecule has 4 heteroatoms. The van der Waals surface area contributed by atoms with Gasteiger partial charge in [0.1, 0.15) is 19.0 Å². The fraction of sp³-hybridized carbons (Fsp3) is 0.350. The smallest absolute Gasteiger partial charge is 0.338 e. The SMILES string of the molecule is CCC[C@@H]1S[C@@H]1COc1ccc(C(=O)OCc2ccccc2)cc1. The summed E-state index contributed by atoms with van der Waals surface area (Å²) in [4.78, 5) is 12.1. The van der Waals surface area contributed by atoms with Crippen molar-refractivity contribution in [3.8, 4) is 5.75 Å². The number of benzene rings is 2. The van der Waals surface area contributed by atoms with Crippen molar-refractivity contribution in [2.45, 2.75) is 36.9 Å². The Balaban J connectivity index is 1.44. The highest BCUT2D eigenvalue weighted by Crippen LogP contribution is 2.44. The van der Waals surface area contributed by atoms with Crippen LogP contribution in [0.4, 0.5) is 0 Å². The van der Waals surface area contributed by atoms with E-state index in [0.717, 1.165) is 23.2 Å². The third-order valence-electron chi connectivity index (χ3n) is 3.98. The topological polar surface area (TPSA) is 35.5 Å². The molecule has 126 valence electrons. The summed E-state index contributed by atoms with van der Waals surface area (Å²) >= 11 is 1.99. The average molecular weight is 342 g/mol. The molecule has 3 nitrogen and oxygen atoms in total. The zero-order chi connectivity index (χ0) is 16.8. The van der Waals surface area contributed by atoms with Crippen LogP contribution in [0.1, 0.15) is 35.7 Å². The van der Waals surface area contributed by atoms with E-state index in [-0.39, 0.29) is 12.6 Å². The summed E-state index contributed by atoms with van der Waals surface area (Å²) in [5.74, 6) is 0.489. The first-order valence-electron chi connectivity index (χ1n) is 8.35. The van der Waals surface area contributed by atoms with Gasteiger partial charge in [0.25, 0.3) is 0 Å². The molecule has 0 aliphatic carbocycles. The van der Waals surface area contributed by atoms with Crippen LogP contribution in [0.5, 0.6) is 5.75 Å². The van der Waals surface area contributed by atoms with Gasteiger partial charge in [-0.3, -0.25) is 0 Å². The number of esters is 1. The van der Waals surface area contributed by atoms with Crippen molar-refractivity contribution in [3.63, 3.8) is 0 Å². The molecule has 2 aromatic rings. The van der Waals surface area contributed by atoms with Crippen LogP contribution in [-0.2, 0) is 11.3 Å². The minimum Gasteiger partial charge on any atom is -0.492 e. The molecule has 1 aliphatic heterocycles. The first-order chi connectivity index (χ1) is 11.8. The molecule has 0 spiro atoms. The Hall–Kier alpha value is -1.94.